The number of thioether (sulfide) groups is 1. The molecule has 1 aromatic carbocycles. The normalized spacial score (nSPS) is 10.7. The number of carboxylic acids is 1. The standard InChI is InChI=1S/C15H13F2NO2S/c1-8-5-9(2)18-14(13(8)15(19)20)21-7-10-6-11(16)3-4-12(10)17/h3-6H,7H2,1-2H3,(H,19,20). The van der Waals surface area contributed by atoms with Gasteiger partial charge in [0.1, 0.15) is 16.7 Å². The molecule has 21 heavy (non-hydrogen) atoms. The van der Waals surface area contributed by atoms with Gasteiger partial charge in [0.05, 0.1) is 5.56 Å². The summed E-state index contributed by atoms with van der Waals surface area (Å²) in [6, 6.07) is 4.88. The lowest BCUT2D eigenvalue weighted by atomic mass is 10.1. The van der Waals surface area contributed by atoms with Gasteiger partial charge in [-0.1, -0.05) is 0 Å². The first kappa shape index (κ1) is 15.4. The van der Waals surface area contributed by atoms with Crippen molar-refractivity contribution >= 4 is 17.7 Å². The molecule has 0 saturated carbocycles. The molecule has 0 atom stereocenters. The molecule has 110 valence electrons. The van der Waals surface area contributed by atoms with Crippen LogP contribution >= 0.6 is 11.8 Å². The average molecular weight is 309 g/mol. The fourth-order valence-corrected chi connectivity index (χ4v) is 3.08. The largest absolute Gasteiger partial charge is 0.478 e. The molecule has 0 saturated heterocycles. The van der Waals surface area contributed by atoms with Gasteiger partial charge in [-0.25, -0.2) is 18.6 Å². The number of aromatic nitrogens is 1. The summed E-state index contributed by atoms with van der Waals surface area (Å²) >= 11 is 1.08. The lowest BCUT2D eigenvalue weighted by Crippen LogP contribution is -2.05. The number of hydrogen-bond donors (Lipinski definition) is 1. The summed E-state index contributed by atoms with van der Waals surface area (Å²) in [4.78, 5) is 15.5. The van der Waals surface area contributed by atoms with Crippen LogP contribution in [0.4, 0.5) is 8.78 Å². The number of pyridine rings is 1. The maximum absolute atomic E-state index is 13.6. The number of rotatable bonds is 4. The van der Waals surface area contributed by atoms with Crippen LogP contribution in [-0.4, -0.2) is 16.1 Å². The zero-order valence-electron chi connectivity index (χ0n) is 11.5. The Balaban J connectivity index is 2.31. The van der Waals surface area contributed by atoms with Crippen LogP contribution in [0.2, 0.25) is 0 Å². The molecule has 0 spiro atoms. The number of nitrogens with zero attached hydrogens (tertiary/aromatic N) is 1. The van der Waals surface area contributed by atoms with Crippen LogP contribution in [0.25, 0.3) is 0 Å². The minimum Gasteiger partial charge on any atom is -0.478 e. The van der Waals surface area contributed by atoms with Gasteiger partial charge in [-0.05, 0) is 43.7 Å². The second-order valence-electron chi connectivity index (χ2n) is 4.59. The fraction of sp³-hybridized carbons (Fsp3) is 0.200. The van der Waals surface area contributed by atoms with Gasteiger partial charge in [-0.2, -0.15) is 0 Å². The number of carbonyl (C=O) groups is 1. The molecule has 6 heteroatoms. The van der Waals surface area contributed by atoms with Crippen LogP contribution in [-0.2, 0) is 5.75 Å². The number of aryl methyl sites for hydroxylation is 2. The van der Waals surface area contributed by atoms with Gasteiger partial charge in [0.2, 0.25) is 0 Å². The van der Waals surface area contributed by atoms with Gasteiger partial charge in [0.15, 0.2) is 0 Å². The summed E-state index contributed by atoms with van der Waals surface area (Å²) in [6.07, 6.45) is 0. The van der Waals surface area contributed by atoms with E-state index in [1.807, 2.05) is 0 Å². The Morgan fingerprint density at radius 1 is 1.29 bits per heavy atom. The summed E-state index contributed by atoms with van der Waals surface area (Å²) in [7, 11) is 0. The van der Waals surface area contributed by atoms with Gasteiger partial charge in [-0.3, -0.25) is 0 Å². The van der Waals surface area contributed by atoms with Crippen LogP contribution in [0.15, 0.2) is 29.3 Å². The Bertz CT molecular complexity index is 704. The van der Waals surface area contributed by atoms with Crippen molar-refractivity contribution in [2.75, 3.05) is 0 Å². The second-order valence-corrected chi connectivity index (χ2v) is 5.55. The third-order valence-electron chi connectivity index (χ3n) is 2.90. The van der Waals surface area contributed by atoms with Crippen molar-refractivity contribution in [2.45, 2.75) is 24.6 Å². The first-order valence-electron chi connectivity index (χ1n) is 6.16. The van der Waals surface area contributed by atoms with Gasteiger partial charge in [0, 0.05) is 17.0 Å². The first-order chi connectivity index (χ1) is 9.88. The molecule has 1 N–H and O–H groups in total. The van der Waals surface area contributed by atoms with Crippen molar-refractivity contribution in [3.8, 4) is 0 Å². The maximum Gasteiger partial charge on any atom is 0.338 e. The lowest BCUT2D eigenvalue weighted by molar-refractivity contribution is 0.0691. The van der Waals surface area contributed by atoms with Crippen molar-refractivity contribution < 1.29 is 18.7 Å². The van der Waals surface area contributed by atoms with Crippen molar-refractivity contribution in [1.82, 2.24) is 4.98 Å². The van der Waals surface area contributed by atoms with E-state index in [2.05, 4.69) is 4.98 Å². The quantitative estimate of drug-likeness (QED) is 0.868. The highest BCUT2D eigenvalue weighted by Crippen LogP contribution is 2.28. The van der Waals surface area contributed by atoms with Gasteiger partial charge < -0.3 is 5.11 Å². The van der Waals surface area contributed by atoms with E-state index in [-0.39, 0.29) is 16.9 Å². The van der Waals surface area contributed by atoms with Gasteiger partial charge in [0.25, 0.3) is 0 Å². The van der Waals surface area contributed by atoms with E-state index in [0.29, 0.717) is 16.3 Å². The van der Waals surface area contributed by atoms with Crippen molar-refractivity contribution in [3.63, 3.8) is 0 Å². The molecule has 0 aliphatic carbocycles. The van der Waals surface area contributed by atoms with Crippen LogP contribution in [0, 0.1) is 25.5 Å². The molecule has 1 aromatic heterocycles. The van der Waals surface area contributed by atoms with Crippen molar-refractivity contribution in [3.05, 3.63) is 58.3 Å². The first-order valence-corrected chi connectivity index (χ1v) is 7.15. The van der Waals surface area contributed by atoms with Crippen LogP contribution in [0.5, 0.6) is 0 Å². The van der Waals surface area contributed by atoms with Crippen molar-refractivity contribution in [2.24, 2.45) is 0 Å². The Morgan fingerprint density at radius 3 is 2.67 bits per heavy atom. The van der Waals surface area contributed by atoms with E-state index in [1.54, 1.807) is 19.9 Å². The monoisotopic (exact) mass is 309 g/mol. The van der Waals surface area contributed by atoms with Gasteiger partial charge in [-0.15, -0.1) is 11.8 Å². The van der Waals surface area contributed by atoms with E-state index >= 15 is 0 Å². The summed E-state index contributed by atoms with van der Waals surface area (Å²) in [5.41, 5.74) is 1.55. The number of halogens is 2. The highest BCUT2D eigenvalue weighted by molar-refractivity contribution is 7.98. The van der Waals surface area contributed by atoms with Crippen LogP contribution < -0.4 is 0 Å². The highest BCUT2D eigenvalue weighted by Gasteiger charge is 2.17. The van der Waals surface area contributed by atoms with Crippen LogP contribution in [0.3, 0.4) is 0 Å². The predicted octanol–water partition coefficient (Wildman–Crippen LogP) is 3.97. The van der Waals surface area contributed by atoms with E-state index < -0.39 is 17.6 Å². The minimum absolute atomic E-state index is 0.0995. The Hall–Kier alpha value is -1.95. The SMILES string of the molecule is Cc1cc(C)c(C(=O)O)c(SCc2cc(F)ccc2F)n1. The molecule has 0 aliphatic rings. The number of hydrogen-bond acceptors (Lipinski definition) is 3. The molecule has 0 bridgehead atoms. The molecule has 0 aliphatic heterocycles. The number of carboxylic acid groups (broad SMARTS) is 1. The predicted molar refractivity (Wildman–Crippen MR) is 76.6 cm³/mol. The van der Waals surface area contributed by atoms with E-state index in [9.17, 15) is 18.7 Å². The molecule has 0 fully saturated rings. The molecular formula is C15H13F2NO2S. The molecule has 2 aromatic rings. The zero-order chi connectivity index (χ0) is 15.6. The van der Waals surface area contributed by atoms with Gasteiger partial charge >= 0.3 is 5.97 Å². The molecule has 0 amide bonds. The number of aromatic carboxylic acids is 1. The molecule has 0 unspecified atom stereocenters. The van der Waals surface area contributed by atoms with E-state index in [1.165, 1.54) is 0 Å². The molecule has 3 nitrogen and oxygen atoms in total. The summed E-state index contributed by atoms with van der Waals surface area (Å²) in [5.74, 6) is -2.02. The summed E-state index contributed by atoms with van der Waals surface area (Å²) in [6.45, 7) is 3.44. The molecule has 1 heterocycles. The average Bonchev–Trinajstić information content (AvgIpc) is 2.38. The Labute approximate surface area is 125 Å². The Morgan fingerprint density at radius 2 is 2.00 bits per heavy atom. The maximum atomic E-state index is 13.6. The van der Waals surface area contributed by atoms with Crippen LogP contribution in [0.1, 0.15) is 27.2 Å². The van der Waals surface area contributed by atoms with Crippen molar-refractivity contribution in [1.29, 1.82) is 0 Å². The minimum atomic E-state index is -1.08. The zero-order valence-corrected chi connectivity index (χ0v) is 12.3. The fourth-order valence-electron chi connectivity index (χ4n) is 1.97. The lowest BCUT2D eigenvalue weighted by Gasteiger charge is -2.09. The molecule has 2 rings (SSSR count). The summed E-state index contributed by atoms with van der Waals surface area (Å²) < 4.78 is 26.7. The molecular weight excluding hydrogens is 296 g/mol. The molecule has 0 radical (unpaired) electrons. The van der Waals surface area contributed by atoms with E-state index in [4.69, 9.17) is 0 Å². The smallest absolute Gasteiger partial charge is 0.338 e. The van der Waals surface area contributed by atoms with E-state index in [0.717, 1.165) is 30.0 Å². The highest BCUT2D eigenvalue weighted by atomic mass is 32.2. The Kier molecular flexibility index (Phi) is 4.57. The second kappa shape index (κ2) is 6.22. The number of benzene rings is 1. The summed E-state index contributed by atoms with van der Waals surface area (Å²) in [5, 5.41) is 9.55. The topological polar surface area (TPSA) is 50.2 Å². The third-order valence-corrected chi connectivity index (χ3v) is 3.92. The third kappa shape index (κ3) is 3.58.